The first kappa shape index (κ1) is 11.3. The maximum Gasteiger partial charge on any atom is 0.0518 e. The number of thiol groups is 1. The molecule has 0 aromatic carbocycles. The highest BCUT2D eigenvalue weighted by molar-refractivity contribution is 7.80. The van der Waals surface area contributed by atoms with Crippen molar-refractivity contribution >= 4 is 12.6 Å². The van der Waals surface area contributed by atoms with Gasteiger partial charge in [-0.1, -0.05) is 0 Å². The van der Waals surface area contributed by atoms with Gasteiger partial charge < -0.3 is 10.1 Å². The third kappa shape index (κ3) is 10.3. The van der Waals surface area contributed by atoms with E-state index in [-0.39, 0.29) is 0 Å². The van der Waals surface area contributed by atoms with Crippen LogP contribution >= 0.6 is 12.6 Å². The zero-order valence-electron chi connectivity index (χ0n) is 7.47. The van der Waals surface area contributed by atoms with Crippen LogP contribution in [0.5, 0.6) is 0 Å². The van der Waals surface area contributed by atoms with Gasteiger partial charge in [0.05, 0.1) is 6.10 Å². The highest BCUT2D eigenvalue weighted by Crippen LogP contribution is 1.88. The molecule has 0 saturated carbocycles. The summed E-state index contributed by atoms with van der Waals surface area (Å²) in [6.07, 6.45) is 1.45. The Morgan fingerprint density at radius 2 is 2.09 bits per heavy atom. The molecular weight excluding hydrogens is 158 g/mol. The number of rotatable bonds is 7. The summed E-state index contributed by atoms with van der Waals surface area (Å²) in [4.78, 5) is 0. The molecule has 0 atom stereocenters. The first-order valence-electron chi connectivity index (χ1n) is 4.20. The lowest BCUT2D eigenvalue weighted by molar-refractivity contribution is 0.0772. The van der Waals surface area contributed by atoms with E-state index < -0.39 is 0 Å². The summed E-state index contributed by atoms with van der Waals surface area (Å²) in [5, 5.41) is 3.25. The molecule has 0 radical (unpaired) electrons. The molecule has 68 valence electrons. The Labute approximate surface area is 75.1 Å². The van der Waals surface area contributed by atoms with Gasteiger partial charge in [-0.05, 0) is 26.8 Å². The second-order valence-electron chi connectivity index (χ2n) is 2.75. The second-order valence-corrected chi connectivity index (χ2v) is 3.19. The predicted molar refractivity (Wildman–Crippen MR) is 52.4 cm³/mol. The SMILES string of the molecule is CC(C)OCCCNCCS. The van der Waals surface area contributed by atoms with Gasteiger partial charge >= 0.3 is 0 Å². The van der Waals surface area contributed by atoms with E-state index >= 15 is 0 Å². The van der Waals surface area contributed by atoms with Gasteiger partial charge in [0.25, 0.3) is 0 Å². The summed E-state index contributed by atoms with van der Waals surface area (Å²) in [6, 6.07) is 0. The van der Waals surface area contributed by atoms with Crippen LogP contribution in [-0.2, 0) is 4.74 Å². The number of nitrogens with one attached hydrogen (secondary N) is 1. The van der Waals surface area contributed by atoms with E-state index in [9.17, 15) is 0 Å². The zero-order chi connectivity index (χ0) is 8.53. The van der Waals surface area contributed by atoms with Gasteiger partial charge in [0.1, 0.15) is 0 Å². The molecule has 1 N–H and O–H groups in total. The average Bonchev–Trinajstić information content (AvgIpc) is 1.96. The van der Waals surface area contributed by atoms with Crippen LogP contribution in [0, 0.1) is 0 Å². The van der Waals surface area contributed by atoms with Gasteiger partial charge in [0.2, 0.25) is 0 Å². The molecular formula is C8H19NOS. The lowest BCUT2D eigenvalue weighted by Gasteiger charge is -2.07. The summed E-state index contributed by atoms with van der Waals surface area (Å²) in [5.74, 6) is 0.908. The summed E-state index contributed by atoms with van der Waals surface area (Å²) in [7, 11) is 0. The summed E-state index contributed by atoms with van der Waals surface area (Å²) in [5.41, 5.74) is 0. The van der Waals surface area contributed by atoms with E-state index in [1.54, 1.807) is 0 Å². The van der Waals surface area contributed by atoms with Crippen molar-refractivity contribution < 1.29 is 4.74 Å². The van der Waals surface area contributed by atoms with Crippen molar-refractivity contribution in [2.24, 2.45) is 0 Å². The third-order valence-corrected chi connectivity index (χ3v) is 1.46. The minimum Gasteiger partial charge on any atom is -0.379 e. The molecule has 0 aliphatic rings. The molecule has 0 heterocycles. The van der Waals surface area contributed by atoms with Crippen molar-refractivity contribution in [2.45, 2.75) is 26.4 Å². The van der Waals surface area contributed by atoms with Crippen molar-refractivity contribution in [3.05, 3.63) is 0 Å². The number of hydrogen-bond donors (Lipinski definition) is 2. The minimum absolute atomic E-state index is 0.361. The van der Waals surface area contributed by atoms with Crippen molar-refractivity contribution in [3.8, 4) is 0 Å². The fourth-order valence-electron chi connectivity index (χ4n) is 0.720. The van der Waals surface area contributed by atoms with Crippen LogP contribution in [0.25, 0.3) is 0 Å². The lowest BCUT2D eigenvalue weighted by Crippen LogP contribution is -2.19. The van der Waals surface area contributed by atoms with E-state index in [4.69, 9.17) is 4.74 Å². The van der Waals surface area contributed by atoms with Crippen LogP contribution in [0.4, 0.5) is 0 Å². The Kier molecular flexibility index (Phi) is 8.57. The first-order valence-corrected chi connectivity index (χ1v) is 4.83. The number of ether oxygens (including phenoxy) is 1. The standard InChI is InChI=1S/C8H19NOS/c1-8(2)10-6-3-4-9-5-7-11/h8-9,11H,3-7H2,1-2H3. The monoisotopic (exact) mass is 177 g/mol. The molecule has 0 aromatic rings. The Bertz CT molecular complexity index is 78.5. The molecule has 0 saturated heterocycles. The largest absolute Gasteiger partial charge is 0.379 e. The fourth-order valence-corrected chi connectivity index (χ4v) is 0.878. The highest BCUT2D eigenvalue weighted by Gasteiger charge is 1.91. The Morgan fingerprint density at radius 1 is 1.36 bits per heavy atom. The van der Waals surface area contributed by atoms with E-state index in [0.717, 1.165) is 31.9 Å². The van der Waals surface area contributed by atoms with Crippen molar-refractivity contribution in [2.75, 3.05) is 25.4 Å². The Hall–Kier alpha value is 0.270. The Morgan fingerprint density at radius 3 is 2.64 bits per heavy atom. The maximum atomic E-state index is 5.36. The molecule has 0 unspecified atom stereocenters. The molecule has 2 nitrogen and oxygen atoms in total. The van der Waals surface area contributed by atoms with Crippen LogP contribution in [-0.4, -0.2) is 31.6 Å². The van der Waals surface area contributed by atoms with Gasteiger partial charge in [-0.3, -0.25) is 0 Å². The molecule has 0 aliphatic carbocycles. The highest BCUT2D eigenvalue weighted by atomic mass is 32.1. The van der Waals surface area contributed by atoms with Crippen molar-refractivity contribution in [1.82, 2.24) is 5.32 Å². The molecule has 0 aliphatic heterocycles. The molecule has 0 rings (SSSR count). The molecule has 0 amide bonds. The summed E-state index contributed by atoms with van der Waals surface area (Å²) >= 11 is 4.08. The second kappa shape index (κ2) is 8.37. The summed E-state index contributed by atoms with van der Waals surface area (Å²) < 4.78 is 5.36. The molecule has 0 bridgehead atoms. The molecule has 11 heavy (non-hydrogen) atoms. The average molecular weight is 177 g/mol. The molecule has 0 spiro atoms. The fraction of sp³-hybridized carbons (Fsp3) is 1.00. The van der Waals surface area contributed by atoms with Gasteiger partial charge in [-0.15, -0.1) is 0 Å². The van der Waals surface area contributed by atoms with E-state index in [2.05, 4.69) is 31.8 Å². The predicted octanol–water partition coefficient (Wildman–Crippen LogP) is 1.32. The van der Waals surface area contributed by atoms with Gasteiger partial charge in [0.15, 0.2) is 0 Å². The maximum absolute atomic E-state index is 5.36. The van der Waals surface area contributed by atoms with E-state index in [1.165, 1.54) is 0 Å². The first-order chi connectivity index (χ1) is 5.27. The molecule has 0 aromatic heterocycles. The van der Waals surface area contributed by atoms with E-state index in [1.807, 2.05) is 0 Å². The quantitative estimate of drug-likeness (QED) is 0.452. The Balaban J connectivity index is 2.80. The van der Waals surface area contributed by atoms with Crippen LogP contribution in [0.3, 0.4) is 0 Å². The van der Waals surface area contributed by atoms with Gasteiger partial charge in [-0.25, -0.2) is 0 Å². The molecule has 0 fully saturated rings. The summed E-state index contributed by atoms with van der Waals surface area (Å²) in [6.45, 7) is 7.00. The molecule has 3 heteroatoms. The van der Waals surface area contributed by atoms with E-state index in [0.29, 0.717) is 6.10 Å². The number of hydrogen-bond acceptors (Lipinski definition) is 3. The van der Waals surface area contributed by atoms with Gasteiger partial charge in [-0.2, -0.15) is 12.6 Å². The van der Waals surface area contributed by atoms with Crippen LogP contribution in [0.15, 0.2) is 0 Å². The topological polar surface area (TPSA) is 21.3 Å². The van der Waals surface area contributed by atoms with Crippen LogP contribution in [0.2, 0.25) is 0 Å². The normalized spacial score (nSPS) is 10.9. The van der Waals surface area contributed by atoms with Crippen molar-refractivity contribution in [3.63, 3.8) is 0 Å². The lowest BCUT2D eigenvalue weighted by atomic mass is 10.4. The zero-order valence-corrected chi connectivity index (χ0v) is 8.36. The van der Waals surface area contributed by atoms with Gasteiger partial charge in [0, 0.05) is 18.9 Å². The third-order valence-electron chi connectivity index (χ3n) is 1.24. The van der Waals surface area contributed by atoms with Crippen molar-refractivity contribution in [1.29, 1.82) is 0 Å². The van der Waals surface area contributed by atoms with Crippen LogP contribution in [0.1, 0.15) is 20.3 Å². The minimum atomic E-state index is 0.361. The smallest absolute Gasteiger partial charge is 0.0518 e. The van der Waals surface area contributed by atoms with Crippen LogP contribution < -0.4 is 5.32 Å².